The number of H-pyrrole nitrogens is 1. The van der Waals surface area contributed by atoms with Gasteiger partial charge in [-0.1, -0.05) is 0 Å². The predicted molar refractivity (Wildman–Crippen MR) is 50.5 cm³/mol. The van der Waals surface area contributed by atoms with Gasteiger partial charge in [-0.2, -0.15) is 0 Å². The molecule has 0 saturated heterocycles. The molecular weight excluding hydrogens is 166 g/mol. The molecule has 1 aromatic carbocycles. The van der Waals surface area contributed by atoms with Crippen LogP contribution in [-0.2, 0) is 6.54 Å². The molecule has 0 atom stereocenters. The van der Waals surface area contributed by atoms with Gasteiger partial charge in [-0.25, -0.2) is 4.98 Å². The van der Waals surface area contributed by atoms with Crippen LogP contribution in [0.4, 0.5) is 0 Å². The van der Waals surface area contributed by atoms with Gasteiger partial charge in [0.2, 0.25) is 0 Å². The van der Waals surface area contributed by atoms with E-state index in [0.717, 1.165) is 22.6 Å². The van der Waals surface area contributed by atoms with Crippen LogP contribution in [0.3, 0.4) is 0 Å². The van der Waals surface area contributed by atoms with Gasteiger partial charge in [-0.3, -0.25) is 0 Å². The molecule has 2 aromatic rings. The Hall–Kier alpha value is -1.55. The highest BCUT2D eigenvalue weighted by Crippen LogP contribution is 2.18. The number of nitrogens with one attached hydrogen (secondary N) is 1. The highest BCUT2D eigenvalue weighted by molar-refractivity contribution is 5.76. The molecule has 1 aromatic heterocycles. The second-order valence-corrected chi connectivity index (χ2v) is 2.77. The lowest BCUT2D eigenvalue weighted by Gasteiger charge is -1.96. The molecule has 0 saturated carbocycles. The van der Waals surface area contributed by atoms with E-state index in [1.807, 2.05) is 18.2 Å². The van der Waals surface area contributed by atoms with Crippen molar-refractivity contribution in [3.63, 3.8) is 0 Å². The Bertz CT molecular complexity index is 420. The Balaban J connectivity index is 2.57. The van der Waals surface area contributed by atoms with E-state index in [4.69, 9.17) is 10.5 Å². The minimum Gasteiger partial charge on any atom is -0.497 e. The number of aromatic nitrogens is 2. The number of aromatic amines is 1. The normalized spacial score (nSPS) is 10.6. The summed E-state index contributed by atoms with van der Waals surface area (Å²) in [6, 6.07) is 5.69. The lowest BCUT2D eigenvalue weighted by molar-refractivity contribution is 0.415. The number of nitrogens with two attached hydrogens (primary N) is 1. The van der Waals surface area contributed by atoms with Crippen molar-refractivity contribution in [3.8, 4) is 5.75 Å². The second-order valence-electron chi connectivity index (χ2n) is 2.77. The van der Waals surface area contributed by atoms with E-state index in [1.54, 1.807) is 7.11 Å². The monoisotopic (exact) mass is 177 g/mol. The molecule has 0 aliphatic rings. The summed E-state index contributed by atoms with van der Waals surface area (Å²) < 4.78 is 5.09. The molecule has 0 bridgehead atoms. The maximum atomic E-state index is 5.46. The Kier molecular flexibility index (Phi) is 1.90. The zero-order chi connectivity index (χ0) is 9.26. The Labute approximate surface area is 75.7 Å². The number of hydrogen-bond acceptors (Lipinski definition) is 3. The molecule has 0 aliphatic carbocycles. The van der Waals surface area contributed by atoms with Crippen LogP contribution in [0.5, 0.6) is 5.75 Å². The second kappa shape index (κ2) is 3.06. The first-order valence-corrected chi connectivity index (χ1v) is 4.06. The van der Waals surface area contributed by atoms with E-state index in [9.17, 15) is 0 Å². The van der Waals surface area contributed by atoms with Crippen molar-refractivity contribution in [1.82, 2.24) is 9.97 Å². The van der Waals surface area contributed by atoms with Crippen LogP contribution in [0, 0.1) is 0 Å². The number of rotatable bonds is 2. The summed E-state index contributed by atoms with van der Waals surface area (Å²) in [4.78, 5) is 7.37. The maximum Gasteiger partial charge on any atom is 0.121 e. The molecule has 0 unspecified atom stereocenters. The average molecular weight is 177 g/mol. The van der Waals surface area contributed by atoms with Crippen molar-refractivity contribution in [2.24, 2.45) is 5.73 Å². The molecule has 0 spiro atoms. The fourth-order valence-electron chi connectivity index (χ4n) is 1.27. The van der Waals surface area contributed by atoms with Gasteiger partial charge in [0.1, 0.15) is 11.6 Å². The van der Waals surface area contributed by atoms with Crippen molar-refractivity contribution in [2.45, 2.75) is 6.54 Å². The number of methoxy groups -OCH3 is 1. The summed E-state index contributed by atoms with van der Waals surface area (Å²) in [5.41, 5.74) is 7.34. The van der Waals surface area contributed by atoms with E-state index in [-0.39, 0.29) is 0 Å². The molecule has 13 heavy (non-hydrogen) atoms. The third kappa shape index (κ3) is 1.36. The molecule has 0 amide bonds. The molecule has 0 aliphatic heterocycles. The minimum atomic E-state index is 0.428. The largest absolute Gasteiger partial charge is 0.497 e. The fraction of sp³-hybridized carbons (Fsp3) is 0.222. The van der Waals surface area contributed by atoms with Gasteiger partial charge < -0.3 is 15.5 Å². The van der Waals surface area contributed by atoms with Crippen LogP contribution in [0.25, 0.3) is 11.0 Å². The van der Waals surface area contributed by atoms with Gasteiger partial charge >= 0.3 is 0 Å². The lowest BCUT2D eigenvalue weighted by atomic mass is 10.3. The van der Waals surface area contributed by atoms with Crippen molar-refractivity contribution in [2.75, 3.05) is 7.11 Å². The van der Waals surface area contributed by atoms with Gasteiger partial charge in [0.15, 0.2) is 0 Å². The van der Waals surface area contributed by atoms with Crippen LogP contribution >= 0.6 is 0 Å². The first-order chi connectivity index (χ1) is 6.33. The molecular formula is C9H11N3O. The molecule has 2 rings (SSSR count). The van der Waals surface area contributed by atoms with Crippen molar-refractivity contribution in [1.29, 1.82) is 0 Å². The van der Waals surface area contributed by atoms with Crippen LogP contribution in [0.15, 0.2) is 18.2 Å². The lowest BCUT2D eigenvalue weighted by Crippen LogP contribution is -1.97. The molecule has 0 radical (unpaired) electrons. The molecule has 3 N–H and O–H groups in total. The van der Waals surface area contributed by atoms with Gasteiger partial charge in [-0.15, -0.1) is 0 Å². The number of nitrogens with zero attached hydrogens (tertiary/aromatic N) is 1. The van der Waals surface area contributed by atoms with Crippen LogP contribution in [-0.4, -0.2) is 17.1 Å². The summed E-state index contributed by atoms with van der Waals surface area (Å²) in [6.45, 7) is 0.428. The van der Waals surface area contributed by atoms with E-state index < -0.39 is 0 Å². The number of imidazole rings is 1. The maximum absolute atomic E-state index is 5.46. The molecule has 4 nitrogen and oxygen atoms in total. The number of hydrogen-bond donors (Lipinski definition) is 2. The van der Waals surface area contributed by atoms with Gasteiger partial charge in [0.25, 0.3) is 0 Å². The summed E-state index contributed by atoms with van der Waals surface area (Å²) in [6.07, 6.45) is 0. The van der Waals surface area contributed by atoms with Crippen LogP contribution in [0.2, 0.25) is 0 Å². The van der Waals surface area contributed by atoms with E-state index in [2.05, 4.69) is 9.97 Å². The molecule has 4 heteroatoms. The topological polar surface area (TPSA) is 63.9 Å². The summed E-state index contributed by atoms with van der Waals surface area (Å²) in [5, 5.41) is 0. The Morgan fingerprint density at radius 2 is 2.38 bits per heavy atom. The third-order valence-electron chi connectivity index (χ3n) is 1.93. The van der Waals surface area contributed by atoms with Crippen LogP contribution < -0.4 is 10.5 Å². The smallest absolute Gasteiger partial charge is 0.121 e. The standard InChI is InChI=1S/C9H11N3O/c1-13-6-2-3-7-8(4-6)12-9(5-10)11-7/h2-4H,5,10H2,1H3,(H,11,12). The zero-order valence-corrected chi connectivity index (χ0v) is 7.37. The highest BCUT2D eigenvalue weighted by Gasteiger charge is 2.01. The predicted octanol–water partition coefficient (Wildman–Crippen LogP) is 1.03. The first kappa shape index (κ1) is 8.07. The Morgan fingerprint density at radius 1 is 1.54 bits per heavy atom. The number of benzene rings is 1. The van der Waals surface area contributed by atoms with Crippen molar-refractivity contribution in [3.05, 3.63) is 24.0 Å². The summed E-state index contributed by atoms with van der Waals surface area (Å²) in [7, 11) is 1.64. The average Bonchev–Trinajstić information content (AvgIpc) is 2.58. The molecule has 68 valence electrons. The quantitative estimate of drug-likeness (QED) is 0.720. The SMILES string of the molecule is COc1ccc2nc(CN)[nH]c2c1. The van der Waals surface area contributed by atoms with Crippen LogP contribution in [0.1, 0.15) is 5.82 Å². The van der Waals surface area contributed by atoms with Gasteiger partial charge in [0.05, 0.1) is 24.7 Å². The highest BCUT2D eigenvalue weighted by atomic mass is 16.5. The van der Waals surface area contributed by atoms with Gasteiger partial charge in [0, 0.05) is 6.07 Å². The van der Waals surface area contributed by atoms with E-state index in [0.29, 0.717) is 6.54 Å². The zero-order valence-electron chi connectivity index (χ0n) is 7.37. The van der Waals surface area contributed by atoms with E-state index in [1.165, 1.54) is 0 Å². The minimum absolute atomic E-state index is 0.428. The fourth-order valence-corrected chi connectivity index (χ4v) is 1.27. The van der Waals surface area contributed by atoms with Gasteiger partial charge in [-0.05, 0) is 12.1 Å². The van der Waals surface area contributed by atoms with E-state index >= 15 is 0 Å². The number of fused-ring (bicyclic) bond motifs is 1. The van der Waals surface area contributed by atoms with Crippen molar-refractivity contribution < 1.29 is 4.74 Å². The summed E-state index contributed by atoms with van der Waals surface area (Å²) in [5.74, 6) is 1.61. The first-order valence-electron chi connectivity index (χ1n) is 4.06. The molecule has 1 heterocycles. The third-order valence-corrected chi connectivity index (χ3v) is 1.93. The summed E-state index contributed by atoms with van der Waals surface area (Å²) >= 11 is 0. The Morgan fingerprint density at radius 3 is 3.08 bits per heavy atom. The molecule has 0 fully saturated rings. The number of ether oxygens (including phenoxy) is 1. The van der Waals surface area contributed by atoms with Crippen molar-refractivity contribution >= 4 is 11.0 Å².